The van der Waals surface area contributed by atoms with E-state index in [2.05, 4.69) is 10.2 Å². The number of hydrogen-bond acceptors (Lipinski definition) is 4. The highest BCUT2D eigenvalue weighted by Gasteiger charge is 2.39. The van der Waals surface area contributed by atoms with Crippen molar-refractivity contribution in [1.82, 2.24) is 19.7 Å². The molecule has 2 aliphatic rings. The summed E-state index contributed by atoms with van der Waals surface area (Å²) in [5, 5.41) is 9.54. The van der Waals surface area contributed by atoms with Crippen molar-refractivity contribution >= 4 is 12.2 Å². The third kappa shape index (κ3) is 4.00. The van der Waals surface area contributed by atoms with E-state index in [1.54, 1.807) is 29.2 Å². The molecule has 0 aliphatic carbocycles. The van der Waals surface area contributed by atoms with E-state index in [1.165, 1.54) is 28.1 Å². The molecule has 10 heteroatoms. The molecule has 3 aromatic rings. The maximum absolute atomic E-state index is 14.4. The lowest BCUT2D eigenvalue weighted by Crippen LogP contribution is -2.58. The van der Waals surface area contributed by atoms with Gasteiger partial charge in [0.2, 0.25) is 0 Å². The number of nitrogens with zero attached hydrogens (tertiary/aromatic N) is 5. The molecule has 0 unspecified atom stereocenters. The van der Waals surface area contributed by atoms with Gasteiger partial charge in [0, 0.05) is 31.3 Å². The second kappa shape index (κ2) is 8.51. The van der Waals surface area contributed by atoms with Crippen LogP contribution in [0.1, 0.15) is 23.6 Å². The summed E-state index contributed by atoms with van der Waals surface area (Å²) in [4.78, 5) is 14.4. The normalized spacial score (nSPS) is 17.9. The maximum atomic E-state index is 14.4. The van der Waals surface area contributed by atoms with Gasteiger partial charge >= 0.3 is 6.03 Å². The smallest absolute Gasteiger partial charge is 0.341 e. The predicted molar refractivity (Wildman–Crippen MR) is 119 cm³/mol. The second-order valence-corrected chi connectivity index (χ2v) is 8.47. The number of urea groups is 1. The number of carbonyl (C=O) groups is 1. The van der Waals surface area contributed by atoms with Crippen molar-refractivity contribution < 1.29 is 22.7 Å². The molecule has 1 atom stereocenters. The van der Waals surface area contributed by atoms with E-state index in [9.17, 15) is 18.0 Å². The van der Waals surface area contributed by atoms with Crippen molar-refractivity contribution in [3.8, 4) is 17.0 Å². The number of amides is 2. The quantitative estimate of drug-likeness (QED) is 0.568. The van der Waals surface area contributed by atoms with Crippen LogP contribution in [0.5, 0.6) is 5.75 Å². The van der Waals surface area contributed by atoms with Crippen molar-refractivity contribution in [3.63, 3.8) is 0 Å². The standard InChI is InChI=1S/C24H22F3N5O2/c1-14-11-29-30(2)23(14)15-3-4-20(27)22(9-15)34-19-12-31(13-19)24(33)32-21(5-6-28-32)16-7-17(25)10-18(26)8-16/h3-4,6-11,19,21H,5,12-13H2,1-2H3/t21-/m0/s1. The fourth-order valence-corrected chi connectivity index (χ4v) is 4.34. The molecule has 0 N–H and O–H groups in total. The van der Waals surface area contributed by atoms with Crippen LogP contribution >= 0.6 is 0 Å². The van der Waals surface area contributed by atoms with Gasteiger partial charge in [0.25, 0.3) is 0 Å². The molecule has 2 amide bonds. The predicted octanol–water partition coefficient (Wildman–Crippen LogP) is 4.43. The molecule has 176 valence electrons. The molecule has 1 saturated heterocycles. The fourth-order valence-electron chi connectivity index (χ4n) is 4.34. The molecular formula is C24H22F3N5O2. The number of rotatable bonds is 4. The summed E-state index contributed by atoms with van der Waals surface area (Å²) in [6, 6.07) is 6.84. The number of aryl methyl sites for hydroxylation is 2. The van der Waals surface area contributed by atoms with E-state index in [1.807, 2.05) is 14.0 Å². The summed E-state index contributed by atoms with van der Waals surface area (Å²) < 4.78 is 49.3. The van der Waals surface area contributed by atoms with Gasteiger partial charge in [0.1, 0.15) is 17.7 Å². The first-order valence-corrected chi connectivity index (χ1v) is 10.8. The average Bonchev–Trinajstić information content (AvgIpc) is 3.37. The minimum Gasteiger partial charge on any atom is -0.484 e. The Morgan fingerprint density at radius 3 is 2.50 bits per heavy atom. The summed E-state index contributed by atoms with van der Waals surface area (Å²) >= 11 is 0. The molecule has 3 heterocycles. The maximum Gasteiger partial charge on any atom is 0.341 e. The Morgan fingerprint density at radius 2 is 1.82 bits per heavy atom. The van der Waals surface area contributed by atoms with Gasteiger partial charge in [-0.15, -0.1) is 0 Å². The van der Waals surface area contributed by atoms with E-state index in [0.29, 0.717) is 12.0 Å². The Morgan fingerprint density at radius 1 is 1.09 bits per heavy atom. The van der Waals surface area contributed by atoms with Gasteiger partial charge in [0.15, 0.2) is 11.6 Å². The number of hydrazone groups is 1. The molecule has 0 spiro atoms. The number of likely N-dealkylation sites (tertiary alicyclic amines) is 1. The first kappa shape index (κ1) is 22.0. The van der Waals surface area contributed by atoms with Gasteiger partial charge in [-0.2, -0.15) is 10.2 Å². The van der Waals surface area contributed by atoms with Crippen LogP contribution in [0.4, 0.5) is 18.0 Å². The molecule has 34 heavy (non-hydrogen) atoms. The van der Waals surface area contributed by atoms with Crippen molar-refractivity contribution in [2.45, 2.75) is 25.5 Å². The zero-order valence-corrected chi connectivity index (χ0v) is 18.6. The molecule has 5 rings (SSSR count). The van der Waals surface area contributed by atoms with Crippen LogP contribution in [0.2, 0.25) is 0 Å². The van der Waals surface area contributed by atoms with Crippen molar-refractivity contribution in [1.29, 1.82) is 0 Å². The lowest BCUT2D eigenvalue weighted by molar-refractivity contribution is 0.0257. The van der Waals surface area contributed by atoms with Crippen LogP contribution < -0.4 is 4.74 Å². The lowest BCUT2D eigenvalue weighted by atomic mass is 10.0. The minimum atomic E-state index is -0.711. The third-order valence-corrected chi connectivity index (χ3v) is 6.03. The largest absolute Gasteiger partial charge is 0.484 e. The Bertz CT molecular complexity index is 1250. The number of hydrogen-bond donors (Lipinski definition) is 0. The molecule has 0 saturated carbocycles. The molecule has 7 nitrogen and oxygen atoms in total. The Labute approximate surface area is 194 Å². The zero-order valence-electron chi connectivity index (χ0n) is 18.6. The molecular weight excluding hydrogens is 447 g/mol. The van der Waals surface area contributed by atoms with Gasteiger partial charge in [0.05, 0.1) is 31.0 Å². The molecule has 2 aromatic carbocycles. The molecule has 2 aliphatic heterocycles. The topological polar surface area (TPSA) is 63.0 Å². The molecule has 0 radical (unpaired) electrons. The molecule has 1 aromatic heterocycles. The van der Waals surface area contributed by atoms with E-state index in [4.69, 9.17) is 4.74 Å². The number of aromatic nitrogens is 2. The highest BCUT2D eigenvalue weighted by atomic mass is 19.1. The van der Waals surface area contributed by atoms with Crippen LogP contribution in [0.25, 0.3) is 11.3 Å². The van der Waals surface area contributed by atoms with Crippen LogP contribution in [0.15, 0.2) is 47.7 Å². The minimum absolute atomic E-state index is 0.0995. The number of halogens is 3. The van der Waals surface area contributed by atoms with E-state index >= 15 is 0 Å². The monoisotopic (exact) mass is 469 g/mol. The number of benzene rings is 2. The first-order valence-electron chi connectivity index (χ1n) is 10.8. The summed E-state index contributed by atoms with van der Waals surface area (Å²) in [7, 11) is 1.81. The molecule has 1 fully saturated rings. The zero-order chi connectivity index (χ0) is 24.0. The highest BCUT2D eigenvalue weighted by molar-refractivity contribution is 5.79. The van der Waals surface area contributed by atoms with Gasteiger partial charge in [-0.1, -0.05) is 0 Å². The summed E-state index contributed by atoms with van der Waals surface area (Å²) in [6.07, 6.45) is 3.24. The Balaban J connectivity index is 1.25. The van der Waals surface area contributed by atoms with E-state index in [-0.39, 0.29) is 18.8 Å². The van der Waals surface area contributed by atoms with Crippen molar-refractivity contribution in [2.75, 3.05) is 13.1 Å². The van der Waals surface area contributed by atoms with Gasteiger partial charge in [-0.3, -0.25) is 4.68 Å². The highest BCUT2D eigenvalue weighted by Crippen LogP contribution is 2.33. The fraction of sp³-hybridized carbons (Fsp3) is 0.292. The van der Waals surface area contributed by atoms with Gasteiger partial charge < -0.3 is 9.64 Å². The van der Waals surface area contributed by atoms with Crippen LogP contribution in [-0.4, -0.2) is 51.1 Å². The number of ether oxygens (including phenoxy) is 1. The van der Waals surface area contributed by atoms with Crippen LogP contribution in [0.3, 0.4) is 0 Å². The second-order valence-electron chi connectivity index (χ2n) is 8.47. The summed E-state index contributed by atoms with van der Waals surface area (Å²) in [6.45, 7) is 2.40. The van der Waals surface area contributed by atoms with Crippen molar-refractivity contribution in [2.24, 2.45) is 12.1 Å². The van der Waals surface area contributed by atoms with Gasteiger partial charge in [-0.05, 0) is 48.4 Å². The molecule has 0 bridgehead atoms. The van der Waals surface area contributed by atoms with Crippen LogP contribution in [0, 0.1) is 24.4 Å². The van der Waals surface area contributed by atoms with Crippen molar-refractivity contribution in [3.05, 3.63) is 71.2 Å². The average molecular weight is 469 g/mol. The first-order chi connectivity index (χ1) is 16.3. The SMILES string of the molecule is Cc1cnn(C)c1-c1ccc(F)c(OC2CN(C(=O)N3N=CC[C@H]3c3cc(F)cc(F)c3)C2)c1. The van der Waals surface area contributed by atoms with E-state index < -0.39 is 35.6 Å². The Kier molecular flexibility index (Phi) is 5.51. The van der Waals surface area contributed by atoms with Gasteiger partial charge in [-0.25, -0.2) is 23.0 Å². The lowest BCUT2D eigenvalue weighted by Gasteiger charge is -2.41. The van der Waals surface area contributed by atoms with Crippen LogP contribution in [-0.2, 0) is 7.05 Å². The Hall–Kier alpha value is -3.82. The summed E-state index contributed by atoms with van der Waals surface area (Å²) in [5.74, 6) is -1.82. The number of carbonyl (C=O) groups excluding carboxylic acids is 1. The van der Waals surface area contributed by atoms with E-state index in [0.717, 1.165) is 22.9 Å². The summed E-state index contributed by atoms with van der Waals surface area (Å²) in [5.41, 5.74) is 2.93. The third-order valence-electron chi connectivity index (χ3n) is 6.03.